The first-order chi connectivity index (χ1) is 68.2. The van der Waals surface area contributed by atoms with Gasteiger partial charge in [-0.15, -0.1) is 12.4 Å². The molecule has 5 aliphatic rings. The third-order valence-corrected chi connectivity index (χ3v) is 25.3. The van der Waals surface area contributed by atoms with Gasteiger partial charge in [0.2, 0.25) is 22.9 Å². The van der Waals surface area contributed by atoms with Gasteiger partial charge in [0, 0.05) is 178 Å². The number of carbonyl (C=O) groups is 2. The van der Waals surface area contributed by atoms with Gasteiger partial charge < -0.3 is 64.0 Å². The Labute approximate surface area is 874 Å². The second-order valence-corrected chi connectivity index (χ2v) is 37.6. The highest BCUT2D eigenvalue weighted by Gasteiger charge is 2.44. The number of nitrogens with one attached hydrogen (secondary N) is 3. The number of benzene rings is 6. The number of aliphatic hydroxyl groups excluding tert-OH is 1. The molecule has 22 nitrogen and oxygen atoms in total. The average Bonchev–Trinajstić information content (AvgIpc) is 0.798. The molecule has 802 valence electrons. The van der Waals surface area contributed by atoms with E-state index in [1.165, 1.54) is 115 Å². The predicted octanol–water partition coefficient (Wildman–Crippen LogP) is 24.4. The number of esters is 1. The molecule has 9 heterocycles. The number of unbranched alkanes of at least 4 members (excludes halogenated alkanes) is 3. The van der Waals surface area contributed by atoms with E-state index in [-0.39, 0.29) is 118 Å². The molecule has 4 N–H and O–H groups in total. The zero-order valence-electron chi connectivity index (χ0n) is 79.1. The minimum Gasteiger partial charge on any atom is -0.478 e. The number of aromatic nitrogens is 4. The van der Waals surface area contributed by atoms with E-state index < -0.39 is 88.1 Å². The molecule has 5 fully saturated rings. The smallest absolute Gasteiger partial charge is 0.419 e. The van der Waals surface area contributed by atoms with Gasteiger partial charge in [0.1, 0.15) is 16.9 Å². The number of aromatic amines is 2. The summed E-state index contributed by atoms with van der Waals surface area (Å²) >= 11 is 37.0. The Morgan fingerprint density at radius 2 is 0.685 bits per heavy atom. The van der Waals surface area contributed by atoms with Crippen LogP contribution in [-0.2, 0) is 51.3 Å². The van der Waals surface area contributed by atoms with E-state index in [0.717, 1.165) is 82.0 Å². The highest BCUT2D eigenvalue weighted by atomic mass is 79.9. The number of H-pyrrole nitrogens is 2. The van der Waals surface area contributed by atoms with Crippen LogP contribution in [-0.4, -0.2) is 233 Å². The lowest BCUT2D eigenvalue weighted by atomic mass is 10.1. The summed E-state index contributed by atoms with van der Waals surface area (Å²) in [6.07, 6.45) is -22.2. The molecule has 5 aliphatic heterocycles. The molecule has 1 amide bonds. The van der Waals surface area contributed by atoms with Gasteiger partial charge in [-0.3, -0.25) is 29.1 Å². The van der Waals surface area contributed by atoms with Crippen LogP contribution in [0.1, 0.15) is 99.6 Å². The average molecular weight is 2290 g/mol. The summed E-state index contributed by atoms with van der Waals surface area (Å²) in [7, 11) is 0. The van der Waals surface area contributed by atoms with E-state index >= 15 is 0 Å². The van der Waals surface area contributed by atoms with Gasteiger partial charge in [-0.1, -0.05) is 122 Å². The molecule has 0 spiro atoms. The molecule has 0 saturated carbocycles. The van der Waals surface area contributed by atoms with E-state index in [2.05, 4.69) is 55.9 Å². The minimum atomic E-state index is -4.53. The van der Waals surface area contributed by atoms with Crippen LogP contribution in [0.15, 0.2) is 172 Å². The molecule has 0 atom stereocenters. The summed E-state index contributed by atoms with van der Waals surface area (Å²) in [6.45, 7) is 21.3. The standard InChI is InChI=1S/C23H24ClF3N4O2.C17H22ClF3N2O2.C16H20ClF3N2O2.C15H20ClF3N2O.C11H12ClF3N2.C8H5FN2O.C7H3BrClF3.ClH/c24-17-4-3-5-18(21(17)23(25,26)27)31-13-11-30(12-14-31)10-1-2-15-33-20-9-7-16-6-8-19(32)28-22(16)29-20;1-13(24)25-12-3-2-7-22-8-10-23(11-9-22)15-6-4-5-14(18)16(15)17(19,20)21;1-15(2,3)24-14(23)22-9-7-21(8-10-22)12-6-4-5-11(17)13(12)16(18,19)20;16-12-4-3-5-13(14(12)15(17,18)19)21-9-7-20(8-10-21)6-1-2-11-22;12-8-2-1-3-9(10(8)11(13,14)15)17-6-4-16-5-7-17;9-6-3-1-5-2-4-7(12)11-8(5)10-6;8-4-2-1-3-5(9)6(4)7(10,11)12;/h3-9H,1-2,10-15H2,(H,28,29,32);4-6H,2-3,7-12H2,1H3;4-6H,7-10H2,1-3H3;3-5,22H,1-2,6-11H2;1-3,16H,4-7H2;1-4H,(H,10,11,12);1-3H;1H. The molecule has 5 saturated heterocycles. The first-order valence-corrected chi connectivity index (χ1v) is 48.7. The number of ether oxygens (including phenoxy) is 3. The van der Waals surface area contributed by atoms with Gasteiger partial charge in [0.25, 0.3) is 0 Å². The lowest BCUT2D eigenvalue weighted by molar-refractivity contribution is -0.141. The fourth-order valence-corrected chi connectivity index (χ4v) is 18.2. The number of nitrogens with zero attached hydrogens (tertiary/aromatic N) is 11. The van der Waals surface area contributed by atoms with Gasteiger partial charge in [-0.05, 0) is 182 Å². The van der Waals surface area contributed by atoms with Crippen molar-refractivity contribution in [3.63, 3.8) is 0 Å². The fourth-order valence-electron chi connectivity index (χ4n) is 15.9. The van der Waals surface area contributed by atoms with Crippen LogP contribution < -0.4 is 45.7 Å². The normalized spacial score (nSPS) is 15.3. The van der Waals surface area contributed by atoms with Crippen LogP contribution in [0, 0.1) is 5.95 Å². The number of anilines is 5. The van der Waals surface area contributed by atoms with Crippen molar-refractivity contribution in [2.45, 2.75) is 109 Å². The molecule has 0 unspecified atom stereocenters. The van der Waals surface area contributed by atoms with Gasteiger partial charge in [0.05, 0.1) is 105 Å². The number of amides is 1. The molecular weight excluding hydrogens is 2180 g/mol. The molecule has 0 aliphatic carbocycles. The SMILES string of the molecule is CC(=O)OCCCCN1CCN(c2cccc(Cl)c2C(F)(F)F)CC1.CC(C)(C)OC(=O)N1CCN(c2cccc(Cl)c2C(F)(F)F)CC1.Cl.FC(F)(F)c1c(Cl)cccc1Br.FC(F)(F)c1c(Cl)cccc1N1CCNCC1.O=c1ccc2ccc(F)nc2[nH]1.O=c1ccc2ccc(OCCCCN3CCN(c4cccc(Cl)c4C(F)(F)F)CC3)nc2[nH]1.OCCCCN1CCN(c2cccc(Cl)c2C(F)(F)F)CC1. The molecule has 49 heteroatoms. The van der Waals surface area contributed by atoms with Crippen LogP contribution in [0.2, 0.25) is 30.1 Å². The van der Waals surface area contributed by atoms with Crippen LogP contribution in [0.4, 0.5) is 117 Å². The zero-order chi connectivity index (χ0) is 107. The zero-order valence-corrected chi connectivity index (χ0v) is 86.0. The van der Waals surface area contributed by atoms with Crippen molar-refractivity contribution in [1.82, 2.24) is 44.9 Å². The van der Waals surface area contributed by atoms with Crippen LogP contribution >= 0.6 is 97.9 Å². The van der Waals surface area contributed by atoms with Gasteiger partial charge in [-0.25, -0.2) is 9.78 Å². The summed E-state index contributed by atoms with van der Waals surface area (Å²) in [6, 6.07) is 37.9. The number of hydrogen-bond donors (Lipinski definition) is 4. The fraction of sp³-hybridized carbons (Fsp3) is 0.443. The Hall–Kier alpha value is -9.44. The lowest BCUT2D eigenvalue weighted by Gasteiger charge is -2.37. The summed E-state index contributed by atoms with van der Waals surface area (Å²) < 4.78 is 263. The summed E-state index contributed by atoms with van der Waals surface area (Å²) in [5.74, 6) is -0.417. The number of aliphatic hydroxyl groups is 1. The minimum absolute atomic E-state index is 0. The van der Waals surface area contributed by atoms with Crippen molar-refractivity contribution in [3.8, 4) is 5.88 Å². The number of alkyl halides is 18. The van der Waals surface area contributed by atoms with Gasteiger partial charge in [-0.2, -0.15) is 88.4 Å². The largest absolute Gasteiger partial charge is 0.478 e. The quantitative estimate of drug-likeness (QED) is 0.0242. The van der Waals surface area contributed by atoms with E-state index in [1.54, 1.807) is 93.8 Å². The van der Waals surface area contributed by atoms with Crippen molar-refractivity contribution in [3.05, 3.63) is 252 Å². The molecule has 6 aromatic carbocycles. The maximum absolute atomic E-state index is 13.4. The first kappa shape index (κ1) is 122. The maximum atomic E-state index is 13.4. The van der Waals surface area contributed by atoms with E-state index in [9.17, 15) is 103 Å². The lowest BCUT2D eigenvalue weighted by Crippen LogP contribution is -2.50. The number of rotatable bonds is 20. The molecule has 10 aromatic rings. The number of hydrogen-bond acceptors (Lipinski definition) is 19. The van der Waals surface area contributed by atoms with Crippen molar-refractivity contribution in [2.24, 2.45) is 0 Å². The molecule has 146 heavy (non-hydrogen) atoms. The number of fused-ring (bicyclic) bond motifs is 2. The summed E-state index contributed by atoms with van der Waals surface area (Å²) in [4.78, 5) is 74.5. The molecular formula is C97H107BrCl7F19N14O8. The van der Waals surface area contributed by atoms with E-state index in [4.69, 9.17) is 88.9 Å². The van der Waals surface area contributed by atoms with Crippen molar-refractivity contribution in [2.75, 3.05) is 195 Å². The van der Waals surface area contributed by atoms with E-state index in [1.807, 2.05) is 6.07 Å². The second kappa shape index (κ2) is 55.9. The molecule has 15 rings (SSSR count). The number of piperazine rings is 5. The third kappa shape index (κ3) is 37.6. The Morgan fingerprint density at radius 3 is 1.01 bits per heavy atom. The van der Waals surface area contributed by atoms with E-state index in [0.29, 0.717) is 129 Å². The molecule has 4 aromatic heterocycles. The Morgan fingerprint density at radius 1 is 0.384 bits per heavy atom. The first-order valence-electron chi connectivity index (χ1n) is 45.6. The van der Waals surface area contributed by atoms with Crippen molar-refractivity contribution in [1.29, 1.82) is 0 Å². The number of carbonyl (C=O) groups excluding carboxylic acids is 2. The number of halogens is 27. The van der Waals surface area contributed by atoms with Crippen LogP contribution in [0.5, 0.6) is 5.88 Å². The molecule has 0 radical (unpaired) electrons. The maximum Gasteiger partial charge on any atom is 0.419 e. The summed E-state index contributed by atoms with van der Waals surface area (Å²) in [5.41, 5.74) is -4.31. The Kier molecular flexibility index (Phi) is 46.6. The van der Waals surface area contributed by atoms with Gasteiger partial charge in [0.15, 0.2) is 0 Å². The van der Waals surface area contributed by atoms with Crippen molar-refractivity contribution < 1.29 is 112 Å². The predicted molar refractivity (Wildman–Crippen MR) is 536 cm³/mol. The highest BCUT2D eigenvalue weighted by Crippen LogP contribution is 2.48. The highest BCUT2D eigenvalue weighted by molar-refractivity contribution is 9.10. The third-order valence-electron chi connectivity index (χ3n) is 22.8. The Bertz CT molecular complexity index is 5960. The van der Waals surface area contributed by atoms with Crippen molar-refractivity contribution >= 4 is 161 Å². The second-order valence-electron chi connectivity index (χ2n) is 34.3. The van der Waals surface area contributed by atoms with Crippen LogP contribution in [0.25, 0.3) is 22.1 Å². The monoisotopic (exact) mass is 2280 g/mol. The topological polar surface area (TPSA) is 215 Å². The summed E-state index contributed by atoms with van der Waals surface area (Å²) in [5, 5.41) is 11.8. The Balaban J connectivity index is 0.000000212. The molecule has 0 bridgehead atoms. The van der Waals surface area contributed by atoms with Gasteiger partial charge >= 0.3 is 49.1 Å². The number of pyridine rings is 4. The van der Waals surface area contributed by atoms with Crippen LogP contribution in [0.3, 0.4) is 0 Å².